The Morgan fingerprint density at radius 1 is 1.21 bits per heavy atom. The summed E-state index contributed by atoms with van der Waals surface area (Å²) in [4.78, 5) is 35.3. The first kappa shape index (κ1) is 19.5. The lowest BCUT2D eigenvalue weighted by Crippen LogP contribution is -2.39. The Morgan fingerprint density at radius 3 is 2.57 bits per heavy atom. The Bertz CT molecular complexity index is 947. The van der Waals surface area contributed by atoms with E-state index in [1.807, 2.05) is 0 Å². The number of amides is 2. The first-order valence-electron chi connectivity index (χ1n) is 8.37. The topological polar surface area (TPSA) is 130 Å². The molecule has 1 aliphatic heterocycles. The number of nitro benzene ring substituents is 1. The molecule has 9 nitrogen and oxygen atoms in total. The lowest BCUT2D eigenvalue weighted by Gasteiger charge is -2.22. The van der Waals surface area contributed by atoms with E-state index in [-0.39, 0.29) is 35.8 Å². The molecule has 0 aromatic heterocycles. The lowest BCUT2D eigenvalue weighted by atomic mass is 9.98. The van der Waals surface area contributed by atoms with Gasteiger partial charge in [0.2, 0.25) is 11.8 Å². The fourth-order valence-corrected chi connectivity index (χ4v) is 4.04. The molecule has 0 bridgehead atoms. The summed E-state index contributed by atoms with van der Waals surface area (Å²) in [6.45, 7) is -0.291. The number of nitrogens with one attached hydrogen (secondary N) is 1. The van der Waals surface area contributed by atoms with Gasteiger partial charge in [-0.3, -0.25) is 19.7 Å². The van der Waals surface area contributed by atoms with Crippen LogP contribution in [0.4, 0.5) is 5.69 Å². The van der Waals surface area contributed by atoms with Crippen molar-refractivity contribution < 1.29 is 23.8 Å². The number of hydrogen-bond donors (Lipinski definition) is 2. The Morgan fingerprint density at radius 2 is 1.93 bits per heavy atom. The van der Waals surface area contributed by atoms with Crippen LogP contribution in [0.2, 0.25) is 0 Å². The van der Waals surface area contributed by atoms with Crippen LogP contribution in [0, 0.1) is 16.0 Å². The second-order valence-electron chi connectivity index (χ2n) is 6.25. The molecule has 28 heavy (non-hydrogen) atoms. The normalized spacial score (nSPS) is 18.3. The average molecular weight is 403 g/mol. The predicted molar refractivity (Wildman–Crippen MR) is 99.5 cm³/mol. The molecule has 0 radical (unpaired) electrons. The van der Waals surface area contributed by atoms with E-state index in [1.165, 1.54) is 36.4 Å². The molecule has 146 valence electrons. The van der Waals surface area contributed by atoms with Crippen LogP contribution in [0.15, 0.2) is 53.4 Å². The minimum absolute atomic E-state index is 0.0638. The number of non-ortho nitro benzene ring substituents is 1. The molecular weight excluding hydrogens is 386 g/mol. The highest BCUT2D eigenvalue weighted by Crippen LogP contribution is 2.22. The van der Waals surface area contributed by atoms with Gasteiger partial charge in [-0.1, -0.05) is 12.1 Å². The lowest BCUT2D eigenvalue weighted by molar-refractivity contribution is -0.384. The Hall–Kier alpha value is -3.27. The largest absolute Gasteiger partial charge is 0.508 e. The standard InChI is InChI=1S/C18H17N3O6S/c22-15-3-1-2-12(9-15)8-13-10-19-17(23)11-20(18(13)24)28(27)16-6-4-14(5-7-16)21(25)26/h1-7,9,13,22H,8,10-11H2,(H,19,23). The van der Waals surface area contributed by atoms with Gasteiger partial charge >= 0.3 is 0 Å². The van der Waals surface area contributed by atoms with Gasteiger partial charge in [0.25, 0.3) is 5.69 Å². The fourth-order valence-electron chi connectivity index (χ4n) is 2.87. The highest BCUT2D eigenvalue weighted by atomic mass is 32.2. The quantitative estimate of drug-likeness (QED) is 0.569. The number of rotatable bonds is 5. The maximum atomic E-state index is 12.9. The van der Waals surface area contributed by atoms with E-state index in [9.17, 15) is 29.0 Å². The first-order valence-corrected chi connectivity index (χ1v) is 9.48. The fraction of sp³-hybridized carbons (Fsp3) is 0.222. The molecule has 1 fully saturated rings. The number of carbonyl (C=O) groups excluding carboxylic acids is 2. The molecular formula is C18H17N3O6S. The van der Waals surface area contributed by atoms with Gasteiger partial charge in [-0.15, -0.1) is 0 Å². The SMILES string of the molecule is O=C1CN(S(=O)c2ccc([N+](=O)[O-])cc2)C(=O)C(Cc2cccc(O)c2)CN1. The second kappa shape index (κ2) is 8.17. The van der Waals surface area contributed by atoms with Crippen molar-refractivity contribution in [3.05, 3.63) is 64.2 Å². The molecule has 3 rings (SSSR count). The van der Waals surface area contributed by atoms with Crippen LogP contribution < -0.4 is 5.32 Å². The first-order chi connectivity index (χ1) is 13.3. The summed E-state index contributed by atoms with van der Waals surface area (Å²) >= 11 is 0. The average Bonchev–Trinajstić information content (AvgIpc) is 2.81. The van der Waals surface area contributed by atoms with Crippen molar-refractivity contribution >= 4 is 28.5 Å². The third kappa shape index (κ3) is 4.34. The van der Waals surface area contributed by atoms with Gasteiger partial charge < -0.3 is 10.4 Å². The summed E-state index contributed by atoms with van der Waals surface area (Å²) in [5, 5.41) is 23.0. The van der Waals surface area contributed by atoms with Gasteiger partial charge in [0.05, 0.1) is 15.7 Å². The van der Waals surface area contributed by atoms with E-state index < -0.39 is 33.6 Å². The summed E-state index contributed by atoms with van der Waals surface area (Å²) in [6.07, 6.45) is 0.251. The Balaban J connectivity index is 1.83. The van der Waals surface area contributed by atoms with Crippen LogP contribution in [0.5, 0.6) is 5.75 Å². The number of aromatic hydroxyl groups is 1. The van der Waals surface area contributed by atoms with Crippen LogP contribution in [0.3, 0.4) is 0 Å². The molecule has 0 saturated carbocycles. The van der Waals surface area contributed by atoms with Crippen LogP contribution in [-0.2, 0) is 27.0 Å². The summed E-state index contributed by atoms with van der Waals surface area (Å²) in [5.41, 5.74) is 0.540. The van der Waals surface area contributed by atoms with Gasteiger partial charge in [0.1, 0.15) is 12.3 Å². The van der Waals surface area contributed by atoms with E-state index in [4.69, 9.17) is 0 Å². The van der Waals surface area contributed by atoms with Gasteiger partial charge in [-0.05, 0) is 36.2 Å². The molecule has 2 amide bonds. The third-order valence-corrected chi connectivity index (χ3v) is 5.65. The summed E-state index contributed by atoms with van der Waals surface area (Å²) < 4.78 is 13.8. The molecule has 0 aliphatic carbocycles. The van der Waals surface area contributed by atoms with Crippen molar-refractivity contribution in [3.8, 4) is 5.75 Å². The van der Waals surface area contributed by atoms with Gasteiger partial charge in [-0.25, -0.2) is 8.51 Å². The van der Waals surface area contributed by atoms with Crippen molar-refractivity contribution in [2.45, 2.75) is 11.3 Å². The Labute approximate surface area is 162 Å². The number of carbonyl (C=O) groups is 2. The van der Waals surface area contributed by atoms with Crippen LogP contribution in [0.1, 0.15) is 5.56 Å². The molecule has 2 N–H and O–H groups in total. The molecule has 1 heterocycles. The number of phenolic OH excluding ortho intramolecular Hbond substituents is 1. The van der Waals surface area contributed by atoms with E-state index in [0.717, 1.165) is 4.31 Å². The number of nitro groups is 1. The van der Waals surface area contributed by atoms with Crippen LogP contribution >= 0.6 is 0 Å². The summed E-state index contributed by atoms with van der Waals surface area (Å²) in [6, 6.07) is 11.4. The molecule has 0 spiro atoms. The zero-order chi connectivity index (χ0) is 20.3. The van der Waals surface area contributed by atoms with E-state index in [0.29, 0.717) is 5.56 Å². The molecule has 2 aromatic rings. The summed E-state index contributed by atoms with van der Waals surface area (Å²) in [5.74, 6) is -1.51. The van der Waals surface area contributed by atoms with Crippen molar-refractivity contribution in [3.63, 3.8) is 0 Å². The molecule has 1 saturated heterocycles. The highest BCUT2D eigenvalue weighted by molar-refractivity contribution is 7.83. The maximum absolute atomic E-state index is 12.9. The van der Waals surface area contributed by atoms with E-state index in [1.54, 1.807) is 12.1 Å². The van der Waals surface area contributed by atoms with Crippen molar-refractivity contribution in [2.24, 2.45) is 5.92 Å². The third-order valence-electron chi connectivity index (χ3n) is 4.27. The number of benzene rings is 2. The zero-order valence-electron chi connectivity index (χ0n) is 14.6. The van der Waals surface area contributed by atoms with Crippen molar-refractivity contribution in [1.29, 1.82) is 0 Å². The molecule has 2 atom stereocenters. The Kier molecular flexibility index (Phi) is 5.69. The molecule has 2 aromatic carbocycles. The van der Waals surface area contributed by atoms with Crippen LogP contribution in [-0.4, -0.2) is 43.4 Å². The monoisotopic (exact) mass is 403 g/mol. The molecule has 10 heteroatoms. The smallest absolute Gasteiger partial charge is 0.269 e. The number of nitrogens with zero attached hydrogens (tertiary/aromatic N) is 2. The predicted octanol–water partition coefficient (Wildman–Crippen LogP) is 1.14. The zero-order valence-corrected chi connectivity index (χ0v) is 15.4. The van der Waals surface area contributed by atoms with Gasteiger partial charge in [-0.2, -0.15) is 0 Å². The number of phenols is 1. The molecule has 1 aliphatic rings. The summed E-state index contributed by atoms with van der Waals surface area (Å²) in [7, 11) is -1.99. The second-order valence-corrected chi connectivity index (χ2v) is 7.66. The number of hydrogen-bond acceptors (Lipinski definition) is 6. The molecule has 2 unspecified atom stereocenters. The maximum Gasteiger partial charge on any atom is 0.269 e. The highest BCUT2D eigenvalue weighted by Gasteiger charge is 2.34. The minimum Gasteiger partial charge on any atom is -0.508 e. The van der Waals surface area contributed by atoms with E-state index >= 15 is 0 Å². The van der Waals surface area contributed by atoms with Crippen molar-refractivity contribution in [1.82, 2.24) is 9.62 Å². The van der Waals surface area contributed by atoms with Gasteiger partial charge in [0, 0.05) is 18.7 Å². The van der Waals surface area contributed by atoms with Crippen molar-refractivity contribution in [2.75, 3.05) is 13.1 Å². The van der Waals surface area contributed by atoms with Gasteiger partial charge in [0.15, 0.2) is 11.0 Å². The van der Waals surface area contributed by atoms with Crippen LogP contribution in [0.25, 0.3) is 0 Å². The minimum atomic E-state index is -1.99. The van der Waals surface area contributed by atoms with E-state index in [2.05, 4.69) is 5.32 Å².